The number of aliphatic hydroxyl groups excluding tert-OH is 1. The van der Waals surface area contributed by atoms with Gasteiger partial charge in [0.05, 0.1) is 42.3 Å². The number of ether oxygens (including phenoxy) is 2. The molecular formula is C18H18F3NO4. The Bertz CT molecular complexity index is 734. The Balaban J connectivity index is 2.14. The molecule has 0 amide bonds. The number of alkyl halides is 3. The van der Waals surface area contributed by atoms with Gasteiger partial charge in [-0.2, -0.15) is 13.2 Å². The van der Waals surface area contributed by atoms with Crippen LogP contribution in [0.1, 0.15) is 15.9 Å². The third kappa shape index (κ3) is 5.47. The van der Waals surface area contributed by atoms with Crippen LogP contribution in [0.4, 0.5) is 24.5 Å². The lowest BCUT2D eigenvalue weighted by molar-refractivity contribution is -0.136. The molecule has 0 aliphatic carbocycles. The van der Waals surface area contributed by atoms with Crippen molar-refractivity contribution < 1.29 is 32.5 Å². The van der Waals surface area contributed by atoms with Crippen molar-refractivity contribution in [1.29, 1.82) is 0 Å². The minimum atomic E-state index is -4.52. The molecule has 2 aromatic rings. The van der Waals surface area contributed by atoms with Crippen LogP contribution in [0.15, 0.2) is 48.5 Å². The van der Waals surface area contributed by atoms with Crippen LogP contribution in [0.5, 0.6) is 0 Å². The van der Waals surface area contributed by atoms with Crippen LogP contribution in [0.2, 0.25) is 0 Å². The van der Waals surface area contributed by atoms with Crippen LogP contribution >= 0.6 is 0 Å². The van der Waals surface area contributed by atoms with Crippen molar-refractivity contribution in [2.75, 3.05) is 31.7 Å². The summed E-state index contributed by atoms with van der Waals surface area (Å²) in [6.45, 7) is 0.0638. The van der Waals surface area contributed by atoms with Crippen molar-refractivity contribution in [2.24, 2.45) is 0 Å². The van der Waals surface area contributed by atoms with Gasteiger partial charge < -0.3 is 19.9 Å². The van der Waals surface area contributed by atoms with Crippen molar-refractivity contribution in [3.63, 3.8) is 0 Å². The highest BCUT2D eigenvalue weighted by Crippen LogP contribution is 2.36. The lowest BCUT2D eigenvalue weighted by Crippen LogP contribution is -2.14. The van der Waals surface area contributed by atoms with E-state index in [-0.39, 0.29) is 43.4 Å². The van der Waals surface area contributed by atoms with Crippen molar-refractivity contribution >= 4 is 17.3 Å². The Kier molecular flexibility index (Phi) is 6.99. The molecule has 0 atom stereocenters. The fourth-order valence-corrected chi connectivity index (χ4v) is 2.19. The van der Waals surface area contributed by atoms with E-state index in [2.05, 4.69) is 5.32 Å². The van der Waals surface area contributed by atoms with Crippen LogP contribution in [0, 0.1) is 0 Å². The third-order valence-electron chi connectivity index (χ3n) is 3.35. The minimum Gasteiger partial charge on any atom is -0.460 e. The van der Waals surface area contributed by atoms with Gasteiger partial charge in [-0.15, -0.1) is 0 Å². The first-order chi connectivity index (χ1) is 12.4. The molecule has 140 valence electrons. The second kappa shape index (κ2) is 9.21. The van der Waals surface area contributed by atoms with E-state index in [0.29, 0.717) is 0 Å². The average Bonchev–Trinajstić information content (AvgIpc) is 2.61. The molecule has 0 fully saturated rings. The SMILES string of the molecule is O=C(OCCOCCO)c1ccccc1Nc1ccccc1C(F)(F)F. The molecule has 0 heterocycles. The van der Waals surface area contributed by atoms with Gasteiger partial charge in [-0.3, -0.25) is 0 Å². The highest BCUT2D eigenvalue weighted by molar-refractivity contribution is 5.96. The first kappa shape index (κ1) is 19.7. The summed E-state index contributed by atoms with van der Waals surface area (Å²) in [5.41, 5.74) is -0.691. The van der Waals surface area contributed by atoms with E-state index >= 15 is 0 Å². The Labute approximate surface area is 148 Å². The molecule has 0 spiro atoms. The molecular weight excluding hydrogens is 351 g/mol. The summed E-state index contributed by atoms with van der Waals surface area (Å²) >= 11 is 0. The smallest absolute Gasteiger partial charge is 0.418 e. The Morgan fingerprint density at radius 3 is 2.31 bits per heavy atom. The Hall–Kier alpha value is -2.58. The highest BCUT2D eigenvalue weighted by Gasteiger charge is 2.33. The zero-order chi connectivity index (χ0) is 19.0. The first-order valence-electron chi connectivity index (χ1n) is 7.81. The van der Waals surface area contributed by atoms with E-state index in [0.717, 1.165) is 6.07 Å². The van der Waals surface area contributed by atoms with E-state index < -0.39 is 17.7 Å². The Morgan fingerprint density at radius 1 is 0.962 bits per heavy atom. The predicted molar refractivity (Wildman–Crippen MR) is 89.4 cm³/mol. The largest absolute Gasteiger partial charge is 0.460 e. The van der Waals surface area contributed by atoms with Crippen LogP contribution in [-0.2, 0) is 15.7 Å². The number of halogens is 3. The van der Waals surface area contributed by atoms with Gasteiger partial charge in [0.1, 0.15) is 6.61 Å². The number of benzene rings is 2. The van der Waals surface area contributed by atoms with Gasteiger partial charge in [0, 0.05) is 0 Å². The number of anilines is 2. The molecule has 2 N–H and O–H groups in total. The van der Waals surface area contributed by atoms with E-state index in [1.807, 2.05) is 0 Å². The third-order valence-corrected chi connectivity index (χ3v) is 3.35. The molecule has 0 aliphatic rings. The molecule has 0 saturated carbocycles. The monoisotopic (exact) mass is 369 g/mol. The zero-order valence-electron chi connectivity index (χ0n) is 13.8. The summed E-state index contributed by atoms with van der Waals surface area (Å²) in [7, 11) is 0. The Morgan fingerprint density at radius 2 is 1.62 bits per heavy atom. The second-order valence-corrected chi connectivity index (χ2v) is 5.19. The number of para-hydroxylation sites is 2. The lowest BCUT2D eigenvalue weighted by atomic mass is 10.1. The van der Waals surface area contributed by atoms with Gasteiger partial charge in [0.25, 0.3) is 0 Å². The maximum Gasteiger partial charge on any atom is 0.418 e. The van der Waals surface area contributed by atoms with Crippen LogP contribution in [0.25, 0.3) is 0 Å². The van der Waals surface area contributed by atoms with Gasteiger partial charge in [-0.25, -0.2) is 4.79 Å². The van der Waals surface area contributed by atoms with Crippen molar-refractivity contribution in [2.45, 2.75) is 6.18 Å². The molecule has 8 heteroatoms. The van der Waals surface area contributed by atoms with Gasteiger partial charge >= 0.3 is 12.1 Å². The van der Waals surface area contributed by atoms with Gasteiger partial charge in [-0.05, 0) is 24.3 Å². The fourth-order valence-electron chi connectivity index (χ4n) is 2.19. The quantitative estimate of drug-likeness (QED) is 0.550. The minimum absolute atomic E-state index is 0.0354. The molecule has 0 aliphatic heterocycles. The standard InChI is InChI=1S/C18H18F3NO4/c19-18(20,21)14-6-2-4-8-16(14)22-15-7-3-1-5-13(15)17(24)26-12-11-25-10-9-23/h1-8,22-23H,9-12H2. The number of carbonyl (C=O) groups is 1. The molecule has 0 bridgehead atoms. The summed E-state index contributed by atoms with van der Waals surface area (Å²) in [6.07, 6.45) is -4.52. The lowest BCUT2D eigenvalue weighted by Gasteiger charge is -2.16. The molecule has 0 unspecified atom stereocenters. The first-order valence-corrected chi connectivity index (χ1v) is 7.81. The molecule has 0 aromatic heterocycles. The molecule has 2 aromatic carbocycles. The average molecular weight is 369 g/mol. The zero-order valence-corrected chi connectivity index (χ0v) is 13.8. The van der Waals surface area contributed by atoms with Gasteiger partial charge in [0.15, 0.2) is 0 Å². The normalized spacial score (nSPS) is 11.2. The molecule has 2 rings (SSSR count). The number of nitrogens with one attached hydrogen (secondary N) is 1. The summed E-state index contributed by atoms with van der Waals surface area (Å²) in [6, 6.07) is 11.1. The summed E-state index contributed by atoms with van der Waals surface area (Å²) in [4.78, 5) is 12.2. The number of hydrogen-bond acceptors (Lipinski definition) is 5. The van der Waals surface area contributed by atoms with Crippen molar-refractivity contribution in [3.05, 3.63) is 59.7 Å². The van der Waals surface area contributed by atoms with Crippen molar-refractivity contribution in [3.8, 4) is 0 Å². The number of aliphatic hydroxyl groups is 1. The van der Waals surface area contributed by atoms with Gasteiger partial charge in [0.2, 0.25) is 0 Å². The van der Waals surface area contributed by atoms with E-state index in [9.17, 15) is 18.0 Å². The number of esters is 1. The molecule has 0 saturated heterocycles. The topological polar surface area (TPSA) is 67.8 Å². The van der Waals surface area contributed by atoms with E-state index in [1.54, 1.807) is 12.1 Å². The summed E-state index contributed by atoms with van der Waals surface area (Å²) in [5.74, 6) is -0.690. The molecule has 0 radical (unpaired) electrons. The highest BCUT2D eigenvalue weighted by atomic mass is 19.4. The predicted octanol–water partition coefficient (Wildman–Crippen LogP) is 3.61. The fraction of sp³-hybridized carbons (Fsp3) is 0.278. The van der Waals surface area contributed by atoms with E-state index in [4.69, 9.17) is 14.6 Å². The maximum atomic E-state index is 13.1. The summed E-state index contributed by atoms with van der Waals surface area (Å²) in [5, 5.41) is 11.2. The van der Waals surface area contributed by atoms with Crippen LogP contribution < -0.4 is 5.32 Å². The molecule has 5 nitrogen and oxygen atoms in total. The number of rotatable bonds is 8. The summed E-state index contributed by atoms with van der Waals surface area (Å²) < 4.78 is 49.4. The second-order valence-electron chi connectivity index (χ2n) is 5.19. The van der Waals surface area contributed by atoms with Gasteiger partial charge in [-0.1, -0.05) is 24.3 Å². The van der Waals surface area contributed by atoms with Crippen LogP contribution in [-0.4, -0.2) is 37.5 Å². The molecule has 26 heavy (non-hydrogen) atoms. The maximum absolute atomic E-state index is 13.1. The van der Waals surface area contributed by atoms with E-state index in [1.165, 1.54) is 30.3 Å². The van der Waals surface area contributed by atoms with Crippen LogP contribution in [0.3, 0.4) is 0 Å². The number of hydrogen-bond donors (Lipinski definition) is 2. The van der Waals surface area contributed by atoms with Crippen molar-refractivity contribution in [1.82, 2.24) is 0 Å². The number of carbonyl (C=O) groups excluding carboxylic acids is 1.